The molecule has 2 aromatic carbocycles. The monoisotopic (exact) mass is 369 g/mol. The van der Waals surface area contributed by atoms with Crippen molar-refractivity contribution >= 4 is 11.0 Å². The number of allylic oxidation sites excluding steroid dienone is 4. The summed E-state index contributed by atoms with van der Waals surface area (Å²) in [6.45, 7) is 10.8. The Morgan fingerprint density at radius 2 is 1.89 bits per heavy atom. The number of hydrogen-bond donors (Lipinski definition) is 0. The van der Waals surface area contributed by atoms with Crippen molar-refractivity contribution < 1.29 is 4.42 Å². The second kappa shape index (κ2) is 9.18. The predicted molar refractivity (Wildman–Crippen MR) is 119 cm³/mol. The normalized spacial score (nSPS) is 12.8. The van der Waals surface area contributed by atoms with Gasteiger partial charge in [0.2, 0.25) is 0 Å². The van der Waals surface area contributed by atoms with Crippen molar-refractivity contribution in [3.8, 4) is 11.3 Å². The van der Waals surface area contributed by atoms with Crippen LogP contribution in [0.25, 0.3) is 22.3 Å². The predicted octanol–water partition coefficient (Wildman–Crippen LogP) is 6.70. The molecule has 0 atom stereocenters. The van der Waals surface area contributed by atoms with Gasteiger partial charge in [-0.3, -0.25) is 4.99 Å². The highest BCUT2D eigenvalue weighted by Crippen LogP contribution is 2.24. The smallest absolute Gasteiger partial charge is 0.137 e. The van der Waals surface area contributed by atoms with Gasteiger partial charge in [-0.25, -0.2) is 0 Å². The number of benzene rings is 2. The van der Waals surface area contributed by atoms with Gasteiger partial charge in [-0.15, -0.1) is 0 Å². The van der Waals surface area contributed by atoms with Crippen molar-refractivity contribution in [1.82, 2.24) is 0 Å². The van der Waals surface area contributed by atoms with Crippen LogP contribution in [0, 0.1) is 13.8 Å². The van der Waals surface area contributed by atoms with Gasteiger partial charge >= 0.3 is 0 Å². The molecule has 28 heavy (non-hydrogen) atoms. The molecule has 0 unspecified atom stereocenters. The summed E-state index contributed by atoms with van der Waals surface area (Å²) in [7, 11) is 0. The molecule has 0 bridgehead atoms. The van der Waals surface area contributed by atoms with Gasteiger partial charge < -0.3 is 4.42 Å². The highest BCUT2D eigenvalue weighted by molar-refractivity contribution is 5.82. The Hall–Kier alpha value is -3.13. The fraction of sp³-hybridized carbons (Fsp3) is 0.192. The van der Waals surface area contributed by atoms with Crippen LogP contribution in [-0.4, -0.2) is 6.54 Å². The quantitative estimate of drug-likeness (QED) is 0.444. The highest BCUT2D eigenvalue weighted by Gasteiger charge is 2.08. The van der Waals surface area contributed by atoms with Crippen LogP contribution in [0.15, 0.2) is 94.4 Å². The molecule has 0 saturated carbocycles. The Bertz CT molecular complexity index is 1100. The van der Waals surface area contributed by atoms with Crippen molar-refractivity contribution in [2.45, 2.75) is 27.2 Å². The van der Waals surface area contributed by atoms with E-state index in [2.05, 4.69) is 56.8 Å². The van der Waals surface area contributed by atoms with Gasteiger partial charge in [0, 0.05) is 23.6 Å². The van der Waals surface area contributed by atoms with Gasteiger partial charge in [0.15, 0.2) is 0 Å². The number of hydrogen-bond acceptors (Lipinski definition) is 2. The maximum absolute atomic E-state index is 6.26. The Morgan fingerprint density at radius 1 is 1.11 bits per heavy atom. The minimum absolute atomic E-state index is 0.713. The summed E-state index contributed by atoms with van der Waals surface area (Å²) in [5.41, 5.74) is 5.54. The maximum Gasteiger partial charge on any atom is 0.137 e. The molecule has 1 heterocycles. The lowest BCUT2D eigenvalue weighted by Crippen LogP contribution is -2.07. The van der Waals surface area contributed by atoms with E-state index in [9.17, 15) is 0 Å². The molecular weight excluding hydrogens is 342 g/mol. The number of fused-ring (bicyclic) bond motifs is 1. The van der Waals surface area contributed by atoms with Crippen LogP contribution in [0.3, 0.4) is 0 Å². The summed E-state index contributed by atoms with van der Waals surface area (Å²) < 4.78 is 6.26. The fourth-order valence-corrected chi connectivity index (χ4v) is 3.44. The zero-order chi connectivity index (χ0) is 19.9. The van der Waals surface area contributed by atoms with Crippen LogP contribution >= 0.6 is 0 Å². The third-order valence-electron chi connectivity index (χ3n) is 4.64. The lowest BCUT2D eigenvalue weighted by atomic mass is 10.0. The molecule has 0 aliphatic heterocycles. The molecule has 1 aromatic heterocycles. The first-order chi connectivity index (χ1) is 13.6. The molecule has 3 aromatic rings. The van der Waals surface area contributed by atoms with E-state index in [4.69, 9.17) is 9.41 Å². The van der Waals surface area contributed by atoms with Gasteiger partial charge in [0.1, 0.15) is 11.3 Å². The molecule has 0 fully saturated rings. The first kappa shape index (κ1) is 19.6. The third-order valence-corrected chi connectivity index (χ3v) is 4.64. The summed E-state index contributed by atoms with van der Waals surface area (Å²) in [4.78, 5) is 4.95. The largest absolute Gasteiger partial charge is 0.456 e. The molecule has 0 saturated heterocycles. The Kier molecular flexibility index (Phi) is 6.44. The molecule has 0 N–H and O–H groups in total. The number of aryl methyl sites for hydroxylation is 2. The Balaban J connectivity index is 2.11. The SMILES string of the molecule is C=CC=C(C=CC)CCN=c1cc(-c2ccccc2)oc2cc(C)cc(C)c12. The van der Waals surface area contributed by atoms with Crippen LogP contribution in [0.1, 0.15) is 24.5 Å². The highest BCUT2D eigenvalue weighted by atomic mass is 16.3. The Morgan fingerprint density at radius 3 is 2.61 bits per heavy atom. The first-order valence-electron chi connectivity index (χ1n) is 9.67. The van der Waals surface area contributed by atoms with Gasteiger partial charge in [-0.05, 0) is 50.0 Å². The van der Waals surface area contributed by atoms with E-state index in [1.54, 1.807) is 0 Å². The molecule has 2 heteroatoms. The minimum atomic E-state index is 0.713. The minimum Gasteiger partial charge on any atom is -0.456 e. The molecule has 0 aliphatic rings. The molecule has 142 valence electrons. The second-order valence-corrected chi connectivity index (χ2v) is 6.93. The molecule has 3 rings (SSSR count). The molecular formula is C26H27NO. The average Bonchev–Trinajstić information content (AvgIpc) is 2.68. The van der Waals surface area contributed by atoms with Crippen molar-refractivity contribution in [2.24, 2.45) is 4.99 Å². The van der Waals surface area contributed by atoms with E-state index in [0.29, 0.717) is 6.54 Å². The Labute approximate surface area is 167 Å². The van der Waals surface area contributed by atoms with E-state index in [-0.39, 0.29) is 0 Å². The summed E-state index contributed by atoms with van der Waals surface area (Å²) in [6.07, 6.45) is 8.90. The zero-order valence-electron chi connectivity index (χ0n) is 16.9. The molecule has 0 spiro atoms. The average molecular weight is 370 g/mol. The van der Waals surface area contributed by atoms with Gasteiger partial charge in [-0.2, -0.15) is 0 Å². The van der Waals surface area contributed by atoms with Crippen molar-refractivity contribution in [3.05, 3.63) is 101 Å². The maximum atomic E-state index is 6.26. The van der Waals surface area contributed by atoms with Crippen molar-refractivity contribution in [1.29, 1.82) is 0 Å². The van der Waals surface area contributed by atoms with E-state index >= 15 is 0 Å². The van der Waals surface area contributed by atoms with Crippen LogP contribution in [0.2, 0.25) is 0 Å². The number of rotatable bonds is 6. The van der Waals surface area contributed by atoms with E-state index < -0.39 is 0 Å². The van der Waals surface area contributed by atoms with E-state index in [0.717, 1.165) is 34.1 Å². The lowest BCUT2D eigenvalue weighted by molar-refractivity contribution is 0.617. The molecule has 0 radical (unpaired) electrons. The van der Waals surface area contributed by atoms with Crippen LogP contribution in [0.4, 0.5) is 0 Å². The number of nitrogens with zero attached hydrogens (tertiary/aromatic N) is 1. The van der Waals surface area contributed by atoms with Crippen molar-refractivity contribution in [3.63, 3.8) is 0 Å². The van der Waals surface area contributed by atoms with Gasteiger partial charge in [0.05, 0.1) is 5.36 Å². The third kappa shape index (κ3) is 4.58. The van der Waals surface area contributed by atoms with E-state index in [1.165, 1.54) is 16.7 Å². The van der Waals surface area contributed by atoms with Gasteiger partial charge in [0.25, 0.3) is 0 Å². The van der Waals surface area contributed by atoms with E-state index in [1.807, 2.05) is 43.4 Å². The lowest BCUT2D eigenvalue weighted by Gasteiger charge is -2.08. The molecule has 0 aliphatic carbocycles. The fourth-order valence-electron chi connectivity index (χ4n) is 3.44. The standard InChI is InChI=1S/C26H27NO/c1-5-10-21(11-6-2)14-15-27-23-18-24(22-12-8-7-9-13-22)28-25-17-19(3)16-20(4)26(23)25/h5-13,16-18H,1,14-15H2,2-4H3. The summed E-state index contributed by atoms with van der Waals surface area (Å²) in [5.74, 6) is 0.840. The van der Waals surface area contributed by atoms with Crippen LogP contribution < -0.4 is 5.36 Å². The van der Waals surface area contributed by atoms with Gasteiger partial charge in [-0.1, -0.05) is 67.3 Å². The first-order valence-corrected chi connectivity index (χ1v) is 9.67. The van der Waals surface area contributed by atoms with Crippen LogP contribution in [0.5, 0.6) is 0 Å². The van der Waals surface area contributed by atoms with Crippen LogP contribution in [-0.2, 0) is 0 Å². The second-order valence-electron chi connectivity index (χ2n) is 6.93. The molecule has 2 nitrogen and oxygen atoms in total. The molecule has 0 amide bonds. The zero-order valence-corrected chi connectivity index (χ0v) is 16.9. The summed E-state index contributed by atoms with van der Waals surface area (Å²) >= 11 is 0. The van der Waals surface area contributed by atoms with Crippen molar-refractivity contribution in [2.75, 3.05) is 6.54 Å². The summed E-state index contributed by atoms with van der Waals surface area (Å²) in [5, 5.41) is 2.07. The summed E-state index contributed by atoms with van der Waals surface area (Å²) in [6, 6.07) is 16.5. The topological polar surface area (TPSA) is 25.5 Å².